The van der Waals surface area contributed by atoms with Gasteiger partial charge in [-0.2, -0.15) is 0 Å². The molecular weight excluding hydrogens is 785 g/mol. The SMILES string of the molecule is COC(=O)N[C@H](C(=O)N1CCCC1c1nc2ccc(-c3ccc(-c4ccc(-c5ccc6nc(C7CCCN7C(=O)[C@@H](NC(=O)OC)C(C)C)[nH]c6c5)cc4)cc3)cc2[nH]1)C(C)C. The van der Waals surface area contributed by atoms with Crippen LogP contribution < -0.4 is 10.6 Å². The Hall–Kier alpha value is -6.70. The van der Waals surface area contributed by atoms with E-state index in [1.807, 2.05) is 49.6 Å². The van der Waals surface area contributed by atoms with Crippen LogP contribution in [0.3, 0.4) is 0 Å². The molecule has 322 valence electrons. The van der Waals surface area contributed by atoms with Gasteiger partial charge >= 0.3 is 12.2 Å². The van der Waals surface area contributed by atoms with Crippen LogP contribution in [0.5, 0.6) is 0 Å². The van der Waals surface area contributed by atoms with Crippen LogP contribution in [-0.4, -0.2) is 93.1 Å². The molecule has 4 atom stereocenters. The van der Waals surface area contributed by atoms with E-state index >= 15 is 0 Å². The number of benzene rings is 4. The molecule has 2 fully saturated rings. The second kappa shape index (κ2) is 17.7. The third kappa shape index (κ3) is 8.46. The van der Waals surface area contributed by atoms with Gasteiger partial charge in [0.2, 0.25) is 11.8 Å². The Morgan fingerprint density at radius 2 is 0.903 bits per heavy atom. The van der Waals surface area contributed by atoms with Crippen LogP contribution in [-0.2, 0) is 19.1 Å². The van der Waals surface area contributed by atoms with Crippen molar-refractivity contribution in [3.05, 3.63) is 96.6 Å². The average molecular weight is 839 g/mol. The maximum absolute atomic E-state index is 13.6. The summed E-state index contributed by atoms with van der Waals surface area (Å²) in [5, 5.41) is 5.42. The Bertz CT molecular complexity index is 2420. The molecule has 4 amide bonds. The monoisotopic (exact) mass is 838 g/mol. The van der Waals surface area contributed by atoms with Gasteiger partial charge in [0.15, 0.2) is 0 Å². The number of amides is 4. The first kappa shape index (κ1) is 42.0. The maximum atomic E-state index is 13.6. The number of likely N-dealkylation sites (tertiary alicyclic amines) is 2. The van der Waals surface area contributed by atoms with Crippen LogP contribution >= 0.6 is 0 Å². The van der Waals surface area contributed by atoms with Crippen LogP contribution in [0.15, 0.2) is 84.9 Å². The third-order valence-electron chi connectivity index (χ3n) is 12.3. The number of imidazole rings is 2. The summed E-state index contributed by atoms with van der Waals surface area (Å²) in [5.41, 5.74) is 9.91. The van der Waals surface area contributed by atoms with Crippen LogP contribution in [0.1, 0.15) is 77.1 Å². The first-order valence-electron chi connectivity index (χ1n) is 21.4. The van der Waals surface area contributed by atoms with Gasteiger partial charge in [-0.1, -0.05) is 88.4 Å². The van der Waals surface area contributed by atoms with Crippen LogP contribution in [0.2, 0.25) is 0 Å². The Kier molecular flexibility index (Phi) is 12.0. The average Bonchev–Trinajstić information content (AvgIpc) is 4.12. The van der Waals surface area contributed by atoms with Crippen molar-refractivity contribution in [2.45, 2.75) is 77.5 Å². The fourth-order valence-corrected chi connectivity index (χ4v) is 8.83. The second-order valence-electron chi connectivity index (χ2n) is 17.0. The predicted molar refractivity (Wildman–Crippen MR) is 238 cm³/mol. The zero-order valence-corrected chi connectivity index (χ0v) is 36.0. The molecule has 4 aromatic carbocycles. The molecule has 2 aromatic heterocycles. The summed E-state index contributed by atoms with van der Waals surface area (Å²) in [6.45, 7) is 8.83. The number of carbonyl (C=O) groups is 4. The van der Waals surface area contributed by atoms with E-state index < -0.39 is 24.3 Å². The van der Waals surface area contributed by atoms with Gasteiger partial charge in [-0.3, -0.25) is 9.59 Å². The summed E-state index contributed by atoms with van der Waals surface area (Å²) in [4.78, 5) is 71.7. The first-order valence-corrected chi connectivity index (χ1v) is 21.4. The highest BCUT2D eigenvalue weighted by Gasteiger charge is 2.39. The van der Waals surface area contributed by atoms with Gasteiger partial charge in [0, 0.05) is 13.1 Å². The number of methoxy groups -OCH3 is 2. The number of nitrogens with one attached hydrogen (secondary N) is 4. The smallest absolute Gasteiger partial charge is 0.407 e. The number of H-pyrrole nitrogens is 2. The molecule has 6 aromatic rings. The van der Waals surface area contributed by atoms with Gasteiger partial charge in [-0.25, -0.2) is 19.6 Å². The van der Waals surface area contributed by atoms with Crippen molar-refractivity contribution in [1.82, 2.24) is 40.4 Å². The van der Waals surface area contributed by atoms with E-state index in [4.69, 9.17) is 19.4 Å². The molecule has 0 spiro atoms. The number of aromatic amines is 2. The lowest BCUT2D eigenvalue weighted by atomic mass is 9.98. The number of ether oxygens (including phenoxy) is 2. The molecule has 2 saturated heterocycles. The van der Waals surface area contributed by atoms with E-state index in [2.05, 4.69) is 93.4 Å². The third-order valence-corrected chi connectivity index (χ3v) is 12.3. The van der Waals surface area contributed by atoms with Crippen molar-refractivity contribution in [3.63, 3.8) is 0 Å². The molecule has 0 aliphatic carbocycles. The minimum Gasteiger partial charge on any atom is -0.453 e. The van der Waals surface area contributed by atoms with Gasteiger partial charge in [0.25, 0.3) is 0 Å². The first-order chi connectivity index (χ1) is 29.9. The van der Waals surface area contributed by atoms with Gasteiger partial charge in [0.1, 0.15) is 23.7 Å². The van der Waals surface area contributed by atoms with E-state index in [-0.39, 0.29) is 35.7 Å². The Balaban J connectivity index is 0.943. The maximum Gasteiger partial charge on any atom is 0.407 e. The Morgan fingerprint density at radius 1 is 0.565 bits per heavy atom. The summed E-state index contributed by atoms with van der Waals surface area (Å²) in [7, 11) is 2.59. The van der Waals surface area contributed by atoms with Gasteiger partial charge in [-0.15, -0.1) is 0 Å². The Morgan fingerprint density at radius 3 is 1.24 bits per heavy atom. The van der Waals surface area contributed by atoms with Gasteiger partial charge < -0.3 is 39.9 Å². The molecule has 2 aliphatic rings. The Labute approximate surface area is 360 Å². The van der Waals surface area contributed by atoms with E-state index in [1.165, 1.54) is 14.2 Å². The number of alkyl carbamates (subject to hydrolysis) is 2. The number of carbonyl (C=O) groups excluding carboxylic acids is 4. The van der Waals surface area contributed by atoms with Crippen LogP contribution in [0.25, 0.3) is 55.4 Å². The van der Waals surface area contributed by atoms with Crippen molar-refractivity contribution >= 4 is 46.1 Å². The number of rotatable bonds is 11. The molecule has 14 nitrogen and oxygen atoms in total. The minimum atomic E-state index is -0.688. The molecule has 0 saturated carbocycles. The minimum absolute atomic E-state index is 0.105. The number of hydrogen-bond acceptors (Lipinski definition) is 8. The summed E-state index contributed by atoms with van der Waals surface area (Å²) >= 11 is 0. The fraction of sp³-hybridized carbons (Fsp3) is 0.375. The van der Waals surface area contributed by atoms with Gasteiger partial charge in [0.05, 0.1) is 48.4 Å². The lowest BCUT2D eigenvalue weighted by Crippen LogP contribution is -2.51. The molecule has 2 aliphatic heterocycles. The lowest BCUT2D eigenvalue weighted by Gasteiger charge is -2.29. The predicted octanol–water partition coefficient (Wildman–Crippen LogP) is 8.53. The van der Waals surface area contributed by atoms with E-state index in [1.54, 1.807) is 0 Å². The molecule has 14 heteroatoms. The number of aromatic nitrogens is 4. The highest BCUT2D eigenvalue weighted by atomic mass is 16.5. The topological polar surface area (TPSA) is 175 Å². The number of nitrogens with zero attached hydrogens (tertiary/aromatic N) is 4. The molecule has 0 bridgehead atoms. The van der Waals surface area contributed by atoms with E-state index in [0.717, 1.165) is 92.8 Å². The van der Waals surface area contributed by atoms with E-state index in [0.29, 0.717) is 13.1 Å². The number of hydrogen-bond donors (Lipinski definition) is 4. The molecule has 4 heterocycles. The summed E-state index contributed by atoms with van der Waals surface area (Å²) < 4.78 is 9.56. The largest absolute Gasteiger partial charge is 0.453 e. The summed E-state index contributed by atoms with van der Waals surface area (Å²) in [6.07, 6.45) is 2.03. The second-order valence-corrected chi connectivity index (χ2v) is 17.0. The molecular formula is C48H54N8O6. The fourth-order valence-electron chi connectivity index (χ4n) is 8.83. The molecule has 4 N–H and O–H groups in total. The van der Waals surface area contributed by atoms with Gasteiger partial charge in [-0.05, 0) is 95.2 Å². The zero-order chi connectivity index (χ0) is 43.7. The van der Waals surface area contributed by atoms with Crippen molar-refractivity contribution in [1.29, 1.82) is 0 Å². The quantitative estimate of drug-likeness (QED) is 0.100. The van der Waals surface area contributed by atoms with Crippen molar-refractivity contribution < 1.29 is 28.7 Å². The molecule has 8 rings (SSSR count). The zero-order valence-electron chi connectivity index (χ0n) is 36.0. The lowest BCUT2D eigenvalue weighted by molar-refractivity contribution is -0.136. The highest BCUT2D eigenvalue weighted by molar-refractivity contribution is 5.88. The molecule has 0 radical (unpaired) electrons. The van der Waals surface area contributed by atoms with Crippen LogP contribution in [0.4, 0.5) is 9.59 Å². The van der Waals surface area contributed by atoms with Crippen molar-refractivity contribution in [2.24, 2.45) is 11.8 Å². The van der Waals surface area contributed by atoms with E-state index in [9.17, 15) is 19.2 Å². The standard InChI is InChI=1S/C48H54N8O6/c1-27(2)41(53-47(59)61-5)45(57)55-23-7-9-39(55)43-49-35-21-19-33(25-37(35)51-43)31-15-11-29(12-16-31)30-13-17-32(18-14-30)34-20-22-36-38(26-34)52-44(50-36)40-10-8-24-56(40)46(58)42(28(3)4)54-48(60)62-6/h11-22,25-28,39-42H,7-10,23-24H2,1-6H3,(H,49,51)(H,50,52)(H,53,59)(H,54,60)/t39?,40?,41-,42-/m0/s1. The van der Waals surface area contributed by atoms with Crippen molar-refractivity contribution in [2.75, 3.05) is 27.3 Å². The van der Waals surface area contributed by atoms with Crippen LogP contribution in [0, 0.1) is 11.8 Å². The normalized spacial score (nSPS) is 17.5. The summed E-state index contributed by atoms with van der Waals surface area (Å²) in [5.74, 6) is 1.01. The molecule has 2 unspecified atom stereocenters. The number of fused-ring (bicyclic) bond motifs is 2. The van der Waals surface area contributed by atoms with Crippen molar-refractivity contribution in [3.8, 4) is 33.4 Å². The molecule has 62 heavy (non-hydrogen) atoms. The highest BCUT2D eigenvalue weighted by Crippen LogP contribution is 2.36. The summed E-state index contributed by atoms with van der Waals surface area (Å²) in [6, 6.07) is 27.6.